The van der Waals surface area contributed by atoms with Gasteiger partial charge in [0.15, 0.2) is 0 Å². The van der Waals surface area contributed by atoms with Gasteiger partial charge in [-0.25, -0.2) is 0 Å². The second-order valence-corrected chi connectivity index (χ2v) is 5.21. The van der Waals surface area contributed by atoms with Crippen molar-refractivity contribution >= 4 is 0 Å². The third kappa shape index (κ3) is 5.26. The highest BCUT2D eigenvalue weighted by molar-refractivity contribution is 5.30. The van der Waals surface area contributed by atoms with Crippen LogP contribution in [0.4, 0.5) is 13.2 Å². The molecular formula is C17H18F3NO2. The summed E-state index contributed by atoms with van der Waals surface area (Å²) in [5.41, 5.74) is 0.186. The molecule has 2 aromatic carbocycles. The second kappa shape index (κ2) is 7.48. The average Bonchev–Trinajstić information content (AvgIpc) is 2.51. The van der Waals surface area contributed by atoms with Gasteiger partial charge in [0.25, 0.3) is 0 Å². The van der Waals surface area contributed by atoms with E-state index in [4.69, 9.17) is 4.74 Å². The van der Waals surface area contributed by atoms with Crippen molar-refractivity contribution in [2.75, 3.05) is 13.6 Å². The molecule has 0 bridgehead atoms. The van der Waals surface area contributed by atoms with Crippen LogP contribution in [0, 0.1) is 0 Å². The van der Waals surface area contributed by atoms with Crippen molar-refractivity contribution in [1.82, 2.24) is 5.06 Å². The standard InChI is InChI=1S/C17H18F3NO2/c1-21(22)12-11-16(13-5-3-2-4-6-13)23-15-9-7-14(8-10-15)17(18,19)20/h2-10,16,22H,11-12H2,1H3. The minimum Gasteiger partial charge on any atom is -0.486 e. The van der Waals surface area contributed by atoms with Gasteiger partial charge in [-0.3, -0.25) is 0 Å². The molecule has 3 nitrogen and oxygen atoms in total. The van der Waals surface area contributed by atoms with Crippen molar-refractivity contribution in [2.45, 2.75) is 18.7 Å². The molecule has 6 heteroatoms. The Bertz CT molecular complexity index is 597. The summed E-state index contributed by atoms with van der Waals surface area (Å²) in [7, 11) is 1.53. The molecule has 0 heterocycles. The summed E-state index contributed by atoms with van der Waals surface area (Å²) in [6.07, 6.45) is -4.22. The SMILES string of the molecule is CN(O)CCC(Oc1ccc(C(F)(F)F)cc1)c1ccccc1. The van der Waals surface area contributed by atoms with Gasteiger partial charge in [0.1, 0.15) is 11.9 Å². The van der Waals surface area contributed by atoms with Gasteiger partial charge in [-0.05, 0) is 29.8 Å². The molecule has 0 saturated carbocycles. The summed E-state index contributed by atoms with van der Waals surface area (Å²) in [6.45, 7) is 0.375. The van der Waals surface area contributed by atoms with E-state index < -0.39 is 11.7 Å². The van der Waals surface area contributed by atoms with Gasteiger partial charge in [-0.15, -0.1) is 0 Å². The van der Waals surface area contributed by atoms with E-state index in [-0.39, 0.29) is 6.10 Å². The molecule has 1 atom stereocenters. The lowest BCUT2D eigenvalue weighted by atomic mass is 10.1. The van der Waals surface area contributed by atoms with E-state index in [1.165, 1.54) is 19.2 Å². The number of nitrogens with zero attached hydrogens (tertiary/aromatic N) is 1. The van der Waals surface area contributed by atoms with E-state index in [1.54, 1.807) is 0 Å². The number of rotatable bonds is 6. The molecule has 2 rings (SSSR count). The van der Waals surface area contributed by atoms with Crippen LogP contribution in [-0.4, -0.2) is 23.9 Å². The van der Waals surface area contributed by atoms with E-state index in [0.717, 1.165) is 22.8 Å². The zero-order valence-corrected chi connectivity index (χ0v) is 12.6. The molecule has 1 N–H and O–H groups in total. The highest BCUT2D eigenvalue weighted by Gasteiger charge is 2.30. The molecule has 0 amide bonds. The van der Waals surface area contributed by atoms with Gasteiger partial charge < -0.3 is 9.94 Å². The zero-order chi connectivity index (χ0) is 16.9. The third-order valence-corrected chi connectivity index (χ3v) is 3.35. The van der Waals surface area contributed by atoms with E-state index in [2.05, 4.69) is 0 Å². The predicted molar refractivity (Wildman–Crippen MR) is 80.3 cm³/mol. The Morgan fingerprint density at radius 3 is 2.17 bits per heavy atom. The molecule has 124 valence electrons. The minimum atomic E-state index is -4.36. The van der Waals surface area contributed by atoms with Crippen LogP contribution >= 0.6 is 0 Å². The first-order valence-corrected chi connectivity index (χ1v) is 7.15. The summed E-state index contributed by atoms with van der Waals surface area (Å²) in [5.74, 6) is 0.354. The molecule has 23 heavy (non-hydrogen) atoms. The topological polar surface area (TPSA) is 32.7 Å². The van der Waals surface area contributed by atoms with E-state index in [1.807, 2.05) is 30.3 Å². The van der Waals surface area contributed by atoms with Crippen LogP contribution in [0.25, 0.3) is 0 Å². The second-order valence-electron chi connectivity index (χ2n) is 5.21. The summed E-state index contributed by atoms with van der Waals surface area (Å²) < 4.78 is 43.6. The molecule has 0 fully saturated rings. The predicted octanol–water partition coefficient (Wildman–Crippen LogP) is 4.54. The van der Waals surface area contributed by atoms with Crippen molar-refractivity contribution in [1.29, 1.82) is 0 Å². The highest BCUT2D eigenvalue weighted by atomic mass is 19.4. The summed E-state index contributed by atoms with van der Waals surface area (Å²) in [6, 6.07) is 14.0. The number of hydrogen-bond acceptors (Lipinski definition) is 3. The molecule has 0 radical (unpaired) electrons. The maximum atomic E-state index is 12.6. The first-order chi connectivity index (χ1) is 10.9. The smallest absolute Gasteiger partial charge is 0.416 e. The molecule has 0 aromatic heterocycles. The Morgan fingerprint density at radius 2 is 1.65 bits per heavy atom. The van der Waals surface area contributed by atoms with E-state index >= 15 is 0 Å². The normalized spacial score (nSPS) is 13.1. The van der Waals surface area contributed by atoms with E-state index in [9.17, 15) is 18.4 Å². The van der Waals surface area contributed by atoms with Crippen molar-refractivity contribution in [2.24, 2.45) is 0 Å². The van der Waals surface area contributed by atoms with Gasteiger partial charge in [-0.2, -0.15) is 18.2 Å². The van der Waals surface area contributed by atoms with Gasteiger partial charge in [0.2, 0.25) is 0 Å². The van der Waals surface area contributed by atoms with Crippen molar-refractivity contribution in [3.8, 4) is 5.75 Å². The van der Waals surface area contributed by atoms with E-state index in [0.29, 0.717) is 18.7 Å². The summed E-state index contributed by atoms with van der Waals surface area (Å²) in [4.78, 5) is 0. The number of benzene rings is 2. The Hall–Kier alpha value is -2.05. The zero-order valence-electron chi connectivity index (χ0n) is 12.6. The Morgan fingerprint density at radius 1 is 1.04 bits per heavy atom. The van der Waals surface area contributed by atoms with Crippen LogP contribution in [-0.2, 0) is 6.18 Å². The van der Waals surface area contributed by atoms with Gasteiger partial charge in [0, 0.05) is 20.0 Å². The molecule has 0 saturated heterocycles. The number of halogens is 3. The van der Waals surface area contributed by atoms with Gasteiger partial charge in [0.05, 0.1) is 5.56 Å². The summed E-state index contributed by atoms with van der Waals surface area (Å²) >= 11 is 0. The number of alkyl halides is 3. The maximum absolute atomic E-state index is 12.6. The average molecular weight is 325 g/mol. The third-order valence-electron chi connectivity index (χ3n) is 3.35. The van der Waals surface area contributed by atoms with Crippen LogP contribution in [0.2, 0.25) is 0 Å². The number of hydrogen-bond donors (Lipinski definition) is 1. The highest BCUT2D eigenvalue weighted by Crippen LogP contribution is 2.31. The van der Waals surface area contributed by atoms with Crippen LogP contribution in [0.15, 0.2) is 54.6 Å². The first-order valence-electron chi connectivity index (χ1n) is 7.15. The van der Waals surface area contributed by atoms with Gasteiger partial charge in [-0.1, -0.05) is 30.3 Å². The lowest BCUT2D eigenvalue weighted by Gasteiger charge is -2.21. The number of ether oxygens (including phenoxy) is 1. The van der Waals surface area contributed by atoms with Crippen LogP contribution in [0.3, 0.4) is 0 Å². The van der Waals surface area contributed by atoms with Gasteiger partial charge >= 0.3 is 6.18 Å². The quantitative estimate of drug-likeness (QED) is 0.792. The fraction of sp³-hybridized carbons (Fsp3) is 0.294. The molecule has 2 aromatic rings. The monoisotopic (exact) mass is 325 g/mol. The van der Waals surface area contributed by atoms with Crippen molar-refractivity contribution in [3.63, 3.8) is 0 Å². The van der Waals surface area contributed by atoms with Crippen molar-refractivity contribution < 1.29 is 23.1 Å². The van der Waals surface area contributed by atoms with Crippen LogP contribution in [0.1, 0.15) is 23.7 Å². The fourth-order valence-corrected chi connectivity index (χ4v) is 2.15. The maximum Gasteiger partial charge on any atom is 0.416 e. The molecule has 0 aliphatic carbocycles. The number of hydroxylamine groups is 2. The van der Waals surface area contributed by atoms with Crippen molar-refractivity contribution in [3.05, 3.63) is 65.7 Å². The Kier molecular flexibility index (Phi) is 5.63. The molecule has 1 unspecified atom stereocenters. The van der Waals surface area contributed by atoms with Crippen LogP contribution < -0.4 is 4.74 Å². The molecule has 0 aliphatic heterocycles. The Labute approximate surface area is 132 Å². The van der Waals surface area contributed by atoms with Crippen LogP contribution in [0.5, 0.6) is 5.75 Å². The lowest BCUT2D eigenvalue weighted by molar-refractivity contribution is -0.137. The fourth-order valence-electron chi connectivity index (χ4n) is 2.15. The largest absolute Gasteiger partial charge is 0.486 e. The molecule has 0 spiro atoms. The Balaban J connectivity index is 2.14. The first kappa shape index (κ1) is 17.3. The minimum absolute atomic E-state index is 0.354. The lowest BCUT2D eigenvalue weighted by Crippen LogP contribution is -2.19. The molecule has 0 aliphatic rings. The summed E-state index contributed by atoms with van der Waals surface area (Å²) in [5, 5.41) is 10.3. The molecular weight excluding hydrogens is 307 g/mol.